The number of rotatable bonds is 12. The summed E-state index contributed by atoms with van der Waals surface area (Å²) in [6, 6.07) is 17.4. The van der Waals surface area contributed by atoms with Crippen LogP contribution in [0.1, 0.15) is 43.7 Å². The van der Waals surface area contributed by atoms with Crippen LogP contribution in [-0.4, -0.2) is 68.2 Å². The standard InChI is InChI=1S/C31H44FN3O4Si/c1-22-27(16-13-23-11-14-25(15-12-23)34-31(38)26-10-7-17-33-26)39-28(30(22)40(2,3)32)20-29(37)35(18-19-36)21-24-8-5-4-6-9-24/h4-6,8-9,11-12,14-15,22,26-28,30,33,36H,7,10,13,16-21H2,1-3H3,(H,34,38)/t22-,26-,27+,28-,30+/m1/s1. The second kappa shape index (κ2) is 13.8. The average Bonchev–Trinajstić information content (AvgIpc) is 3.57. The van der Waals surface area contributed by atoms with E-state index in [1.165, 1.54) is 0 Å². The van der Waals surface area contributed by atoms with Gasteiger partial charge in [-0.2, -0.15) is 0 Å². The number of carbonyl (C=O) groups excluding carboxylic acids is 2. The van der Waals surface area contributed by atoms with E-state index in [-0.39, 0.29) is 55.0 Å². The van der Waals surface area contributed by atoms with Gasteiger partial charge in [-0.15, -0.1) is 0 Å². The lowest BCUT2D eigenvalue weighted by Crippen LogP contribution is -2.40. The predicted molar refractivity (Wildman–Crippen MR) is 158 cm³/mol. The molecule has 4 rings (SSSR count). The molecule has 0 bridgehead atoms. The zero-order valence-corrected chi connectivity index (χ0v) is 24.9. The summed E-state index contributed by atoms with van der Waals surface area (Å²) in [7, 11) is -3.12. The minimum atomic E-state index is -3.12. The maximum atomic E-state index is 15.6. The Morgan fingerprint density at radius 2 is 1.82 bits per heavy atom. The number of anilines is 1. The summed E-state index contributed by atoms with van der Waals surface area (Å²) in [6.07, 6.45) is 2.88. The molecule has 9 heteroatoms. The van der Waals surface area contributed by atoms with Gasteiger partial charge >= 0.3 is 0 Å². The number of carbonyl (C=O) groups is 2. The molecule has 0 saturated carbocycles. The first-order valence-corrected chi connectivity index (χ1v) is 17.5. The van der Waals surface area contributed by atoms with Crippen molar-refractivity contribution in [1.82, 2.24) is 10.2 Å². The van der Waals surface area contributed by atoms with E-state index in [4.69, 9.17) is 4.74 Å². The summed E-state index contributed by atoms with van der Waals surface area (Å²) in [5, 5.41) is 15.8. The van der Waals surface area contributed by atoms with Gasteiger partial charge < -0.3 is 29.5 Å². The third-order valence-corrected chi connectivity index (χ3v) is 10.8. The quantitative estimate of drug-likeness (QED) is 0.255. The first-order chi connectivity index (χ1) is 19.2. The highest BCUT2D eigenvalue weighted by Gasteiger charge is 2.51. The summed E-state index contributed by atoms with van der Waals surface area (Å²) in [4.78, 5) is 27.4. The molecule has 218 valence electrons. The molecule has 2 aliphatic heterocycles. The van der Waals surface area contributed by atoms with Crippen LogP contribution >= 0.6 is 0 Å². The van der Waals surface area contributed by atoms with E-state index in [1.54, 1.807) is 18.0 Å². The number of aryl methyl sites for hydroxylation is 1. The molecule has 2 aromatic rings. The van der Waals surface area contributed by atoms with E-state index >= 15 is 4.11 Å². The highest BCUT2D eigenvalue weighted by atomic mass is 28.4. The van der Waals surface area contributed by atoms with Gasteiger partial charge in [0, 0.05) is 24.3 Å². The second-order valence-electron chi connectivity index (χ2n) is 11.8. The Balaban J connectivity index is 1.35. The number of aliphatic hydroxyl groups excluding tert-OH is 1. The highest BCUT2D eigenvalue weighted by molar-refractivity contribution is 6.72. The maximum Gasteiger partial charge on any atom is 0.246 e. The monoisotopic (exact) mass is 569 g/mol. The number of aliphatic hydroxyl groups is 1. The molecule has 5 atom stereocenters. The molecule has 2 fully saturated rings. The zero-order chi connectivity index (χ0) is 28.7. The largest absolute Gasteiger partial charge is 0.395 e. The molecule has 0 aliphatic carbocycles. The lowest BCUT2D eigenvalue weighted by molar-refractivity contribution is -0.135. The van der Waals surface area contributed by atoms with Crippen molar-refractivity contribution in [2.24, 2.45) is 5.92 Å². The fourth-order valence-corrected chi connectivity index (χ4v) is 8.84. The fourth-order valence-electron chi connectivity index (χ4n) is 6.30. The van der Waals surface area contributed by atoms with E-state index in [0.717, 1.165) is 49.0 Å². The Hall–Kier alpha value is -2.59. The predicted octanol–water partition coefficient (Wildman–Crippen LogP) is 4.67. The Labute approximate surface area is 238 Å². The lowest BCUT2D eigenvalue weighted by Gasteiger charge is -2.30. The third-order valence-electron chi connectivity index (χ3n) is 8.33. The van der Waals surface area contributed by atoms with Crippen LogP contribution in [0.3, 0.4) is 0 Å². The third kappa shape index (κ3) is 8.00. The van der Waals surface area contributed by atoms with Crippen molar-refractivity contribution in [2.75, 3.05) is 25.0 Å². The van der Waals surface area contributed by atoms with Gasteiger partial charge in [0.1, 0.15) is 0 Å². The molecule has 2 aromatic carbocycles. The van der Waals surface area contributed by atoms with Gasteiger partial charge in [0.15, 0.2) is 0 Å². The Morgan fingerprint density at radius 1 is 1.10 bits per heavy atom. The number of halogens is 1. The van der Waals surface area contributed by atoms with Crippen molar-refractivity contribution in [1.29, 1.82) is 0 Å². The van der Waals surface area contributed by atoms with E-state index in [1.807, 2.05) is 54.6 Å². The number of hydrogen-bond donors (Lipinski definition) is 3. The molecule has 2 aliphatic rings. The van der Waals surface area contributed by atoms with Gasteiger partial charge in [-0.1, -0.05) is 49.4 Å². The van der Waals surface area contributed by atoms with E-state index in [0.29, 0.717) is 6.54 Å². The van der Waals surface area contributed by atoms with Gasteiger partial charge in [0.2, 0.25) is 20.2 Å². The number of ether oxygens (including phenoxy) is 1. The van der Waals surface area contributed by atoms with Crippen molar-refractivity contribution in [2.45, 2.75) is 82.5 Å². The van der Waals surface area contributed by atoms with Crippen LogP contribution in [0.4, 0.5) is 9.80 Å². The van der Waals surface area contributed by atoms with Crippen molar-refractivity contribution < 1.29 is 23.5 Å². The van der Waals surface area contributed by atoms with Crippen LogP contribution in [-0.2, 0) is 27.3 Å². The highest BCUT2D eigenvalue weighted by Crippen LogP contribution is 2.47. The molecule has 7 nitrogen and oxygen atoms in total. The smallest absolute Gasteiger partial charge is 0.246 e. The molecule has 3 N–H and O–H groups in total. The molecule has 40 heavy (non-hydrogen) atoms. The first-order valence-electron chi connectivity index (χ1n) is 14.6. The van der Waals surface area contributed by atoms with E-state index in [2.05, 4.69) is 17.6 Å². The van der Waals surface area contributed by atoms with Crippen LogP contribution in [0.15, 0.2) is 54.6 Å². The van der Waals surface area contributed by atoms with E-state index in [9.17, 15) is 14.7 Å². The zero-order valence-electron chi connectivity index (χ0n) is 23.9. The Morgan fingerprint density at radius 3 is 2.45 bits per heavy atom. The molecule has 0 radical (unpaired) electrons. The second-order valence-corrected chi connectivity index (χ2v) is 15.6. The van der Waals surface area contributed by atoms with Gasteiger partial charge in [-0.25, -0.2) is 0 Å². The van der Waals surface area contributed by atoms with Gasteiger partial charge in [-0.05, 0) is 74.5 Å². The van der Waals surface area contributed by atoms with Gasteiger partial charge in [-0.3, -0.25) is 9.59 Å². The SMILES string of the molecule is C[C@H]1[C@H]([Si](C)(C)F)[C@@H](CC(=O)N(CCO)Cc2ccccc2)O[C@H]1CCc1ccc(NC(=O)[C@H]2CCCN2)cc1. The summed E-state index contributed by atoms with van der Waals surface area (Å²) in [6.45, 7) is 6.86. The molecule has 0 aromatic heterocycles. The molecule has 2 heterocycles. The molecular weight excluding hydrogens is 525 g/mol. The fraction of sp³-hybridized carbons (Fsp3) is 0.548. The topological polar surface area (TPSA) is 90.9 Å². The van der Waals surface area contributed by atoms with Crippen molar-refractivity contribution in [3.63, 3.8) is 0 Å². The van der Waals surface area contributed by atoms with Crippen LogP contribution in [0.25, 0.3) is 0 Å². The minimum Gasteiger partial charge on any atom is -0.395 e. The van der Waals surface area contributed by atoms with Crippen molar-refractivity contribution in [3.05, 3.63) is 65.7 Å². The molecule has 2 saturated heterocycles. The summed E-state index contributed by atoms with van der Waals surface area (Å²) in [5.74, 6) is -0.115. The van der Waals surface area contributed by atoms with Gasteiger partial charge in [0.05, 0.1) is 31.3 Å². The number of amides is 2. The summed E-state index contributed by atoms with van der Waals surface area (Å²) >= 11 is 0. The molecular formula is C31H44FN3O4Si. The van der Waals surface area contributed by atoms with Crippen LogP contribution < -0.4 is 10.6 Å². The number of nitrogens with one attached hydrogen (secondary N) is 2. The number of nitrogens with zero attached hydrogens (tertiary/aromatic N) is 1. The normalized spacial score (nSPS) is 24.7. The first kappa shape index (κ1) is 30.4. The molecule has 0 unspecified atom stereocenters. The van der Waals surface area contributed by atoms with Crippen LogP contribution in [0.2, 0.25) is 18.6 Å². The van der Waals surface area contributed by atoms with Crippen molar-refractivity contribution >= 4 is 25.9 Å². The Kier molecular flexibility index (Phi) is 10.5. The summed E-state index contributed by atoms with van der Waals surface area (Å²) < 4.78 is 22.0. The molecule has 0 spiro atoms. The van der Waals surface area contributed by atoms with Crippen LogP contribution in [0, 0.1) is 5.92 Å². The summed E-state index contributed by atoms with van der Waals surface area (Å²) in [5.41, 5.74) is 2.61. The van der Waals surface area contributed by atoms with Gasteiger partial charge in [0.25, 0.3) is 0 Å². The minimum absolute atomic E-state index is 0.00218. The van der Waals surface area contributed by atoms with Crippen LogP contribution in [0.5, 0.6) is 0 Å². The maximum absolute atomic E-state index is 15.6. The number of benzene rings is 2. The Bertz CT molecular complexity index is 1110. The average molecular weight is 570 g/mol. The molecule has 2 amide bonds. The van der Waals surface area contributed by atoms with Crippen molar-refractivity contribution in [3.8, 4) is 0 Å². The van der Waals surface area contributed by atoms with E-state index < -0.39 is 14.5 Å². The lowest BCUT2D eigenvalue weighted by atomic mass is 9.95. The number of hydrogen-bond acceptors (Lipinski definition) is 5.